The van der Waals surface area contributed by atoms with Gasteiger partial charge in [-0.3, -0.25) is 0 Å². The quantitative estimate of drug-likeness (QED) is 0.370. The number of rotatable bonds is 1. The first kappa shape index (κ1) is 9.47. The summed E-state index contributed by atoms with van der Waals surface area (Å²) in [5.74, 6) is 0. The average molecular weight is 176 g/mol. The summed E-state index contributed by atoms with van der Waals surface area (Å²) in [6.07, 6.45) is -2.26. The van der Waals surface area contributed by atoms with Gasteiger partial charge in [-0.2, -0.15) is 0 Å². The minimum absolute atomic E-state index is 0.407. The van der Waals surface area contributed by atoms with Crippen LogP contribution in [0.3, 0.4) is 0 Å². The number of ether oxygens (including phenoxy) is 1. The molecule has 1 aliphatic rings. The number of aliphatic hydroxyl groups excluding tert-OH is 4. The molecule has 0 bridgehead atoms. The van der Waals surface area contributed by atoms with Crippen molar-refractivity contribution in [3.63, 3.8) is 0 Å². The van der Waals surface area contributed by atoms with E-state index in [4.69, 9.17) is 14.9 Å². The van der Waals surface area contributed by atoms with Crippen LogP contribution in [0.5, 0.6) is 0 Å². The first-order valence-corrected chi connectivity index (χ1v) is 3.64. The molecule has 0 spiro atoms. The molecule has 0 radical (unpaired) electrons. The molecule has 12 heavy (non-hydrogen) atoms. The molecule has 1 aliphatic heterocycles. The van der Waals surface area contributed by atoms with Crippen molar-refractivity contribution < 1.29 is 25.2 Å². The molecular weight excluding hydrogens is 164 g/mol. The summed E-state index contributed by atoms with van der Waals surface area (Å²) in [5.41, 5.74) is 0. The minimum Gasteiger partial charge on any atom is -0.493 e. The molecule has 0 aromatic rings. The van der Waals surface area contributed by atoms with Crippen LogP contribution in [-0.2, 0) is 4.74 Å². The van der Waals surface area contributed by atoms with E-state index < -0.39 is 31.0 Å². The van der Waals surface area contributed by atoms with Gasteiger partial charge >= 0.3 is 0 Å². The van der Waals surface area contributed by atoms with Crippen LogP contribution in [0.25, 0.3) is 0 Å². The van der Waals surface area contributed by atoms with Crippen molar-refractivity contribution in [2.24, 2.45) is 0 Å². The van der Waals surface area contributed by atoms with Gasteiger partial charge < -0.3 is 25.2 Å². The topological polar surface area (TPSA) is 90.2 Å². The van der Waals surface area contributed by atoms with Gasteiger partial charge in [0.25, 0.3) is 0 Å². The van der Waals surface area contributed by atoms with Crippen molar-refractivity contribution in [3.05, 3.63) is 12.3 Å². The Morgan fingerprint density at radius 1 is 1.17 bits per heavy atom. The Balaban J connectivity index is 2.68. The van der Waals surface area contributed by atoms with Gasteiger partial charge in [-0.05, 0) is 6.08 Å². The summed E-state index contributed by atoms with van der Waals surface area (Å²) in [6, 6.07) is 0. The Morgan fingerprint density at radius 3 is 2.42 bits per heavy atom. The van der Waals surface area contributed by atoms with E-state index in [1.165, 1.54) is 6.08 Å². The SMILES string of the molecule is OCC1OC=CC(O)C(O)C1O. The molecule has 0 fully saturated rings. The highest BCUT2D eigenvalue weighted by Crippen LogP contribution is 2.13. The smallest absolute Gasteiger partial charge is 0.149 e. The molecule has 4 unspecified atom stereocenters. The lowest BCUT2D eigenvalue weighted by Crippen LogP contribution is -2.44. The van der Waals surface area contributed by atoms with Gasteiger partial charge in [0.1, 0.15) is 24.4 Å². The summed E-state index contributed by atoms with van der Waals surface area (Å²) < 4.78 is 4.80. The molecule has 0 aliphatic carbocycles. The summed E-state index contributed by atoms with van der Waals surface area (Å²) in [4.78, 5) is 0. The van der Waals surface area contributed by atoms with Crippen molar-refractivity contribution in [3.8, 4) is 0 Å². The second-order valence-corrected chi connectivity index (χ2v) is 2.66. The van der Waals surface area contributed by atoms with Crippen LogP contribution in [0.1, 0.15) is 0 Å². The number of hydrogen-bond donors (Lipinski definition) is 4. The third-order valence-electron chi connectivity index (χ3n) is 1.79. The number of hydrogen-bond acceptors (Lipinski definition) is 5. The fraction of sp³-hybridized carbons (Fsp3) is 0.714. The molecular formula is C7H12O5. The van der Waals surface area contributed by atoms with Crippen LogP contribution in [0.2, 0.25) is 0 Å². The third kappa shape index (κ3) is 1.75. The third-order valence-corrected chi connectivity index (χ3v) is 1.79. The van der Waals surface area contributed by atoms with Crippen molar-refractivity contribution in [2.75, 3.05) is 6.61 Å². The normalized spacial score (nSPS) is 42.0. The molecule has 0 saturated carbocycles. The first-order valence-electron chi connectivity index (χ1n) is 3.64. The fourth-order valence-corrected chi connectivity index (χ4v) is 0.994. The molecule has 4 atom stereocenters. The molecule has 5 nitrogen and oxygen atoms in total. The lowest BCUT2D eigenvalue weighted by atomic mass is 10.0. The predicted molar refractivity (Wildman–Crippen MR) is 39.1 cm³/mol. The number of aliphatic hydroxyl groups is 4. The van der Waals surface area contributed by atoms with Gasteiger partial charge in [0.2, 0.25) is 0 Å². The Hall–Kier alpha value is -0.620. The van der Waals surface area contributed by atoms with Crippen LogP contribution in [0.4, 0.5) is 0 Å². The predicted octanol–water partition coefficient (Wildman–Crippen LogP) is -2.03. The zero-order chi connectivity index (χ0) is 9.14. The van der Waals surface area contributed by atoms with Crippen molar-refractivity contribution in [1.29, 1.82) is 0 Å². The van der Waals surface area contributed by atoms with Gasteiger partial charge in [-0.25, -0.2) is 0 Å². The standard InChI is InChI=1S/C7H12O5/c8-3-5-7(11)6(10)4(9)1-2-12-5/h1-2,4-11H,3H2. The van der Waals surface area contributed by atoms with Crippen molar-refractivity contribution >= 4 is 0 Å². The Labute approximate surface area is 69.5 Å². The van der Waals surface area contributed by atoms with Crippen LogP contribution in [0.15, 0.2) is 12.3 Å². The maximum atomic E-state index is 9.25. The van der Waals surface area contributed by atoms with E-state index in [0.29, 0.717) is 0 Å². The van der Waals surface area contributed by atoms with Crippen LogP contribution in [0, 0.1) is 0 Å². The molecule has 1 heterocycles. The summed E-state index contributed by atoms with van der Waals surface area (Å²) in [6.45, 7) is -0.407. The van der Waals surface area contributed by atoms with Crippen LogP contribution >= 0.6 is 0 Å². The largest absolute Gasteiger partial charge is 0.493 e. The van der Waals surface area contributed by atoms with Crippen molar-refractivity contribution in [2.45, 2.75) is 24.4 Å². The van der Waals surface area contributed by atoms with E-state index >= 15 is 0 Å². The molecule has 0 aromatic heterocycles. The Morgan fingerprint density at radius 2 is 1.83 bits per heavy atom. The molecule has 0 aromatic carbocycles. The molecule has 5 heteroatoms. The average Bonchev–Trinajstić information content (AvgIpc) is 2.19. The second-order valence-electron chi connectivity index (χ2n) is 2.66. The monoisotopic (exact) mass is 176 g/mol. The van der Waals surface area contributed by atoms with Crippen LogP contribution in [-0.4, -0.2) is 51.4 Å². The lowest BCUT2D eigenvalue weighted by molar-refractivity contribution is -0.0984. The second kappa shape index (κ2) is 3.86. The van der Waals surface area contributed by atoms with E-state index in [0.717, 1.165) is 6.26 Å². The van der Waals surface area contributed by atoms with Crippen LogP contribution < -0.4 is 0 Å². The van der Waals surface area contributed by atoms with E-state index in [9.17, 15) is 10.2 Å². The highest BCUT2D eigenvalue weighted by atomic mass is 16.5. The fourth-order valence-electron chi connectivity index (χ4n) is 0.994. The summed E-state index contributed by atoms with van der Waals surface area (Å²) in [7, 11) is 0. The maximum absolute atomic E-state index is 9.25. The molecule has 1 rings (SSSR count). The van der Waals surface area contributed by atoms with E-state index in [2.05, 4.69) is 0 Å². The highest BCUT2D eigenvalue weighted by molar-refractivity contribution is 4.97. The summed E-state index contributed by atoms with van der Waals surface area (Å²) in [5, 5.41) is 36.2. The lowest BCUT2D eigenvalue weighted by Gasteiger charge is -2.23. The molecule has 4 N–H and O–H groups in total. The Bertz CT molecular complexity index is 167. The van der Waals surface area contributed by atoms with Gasteiger partial charge in [0, 0.05) is 0 Å². The van der Waals surface area contributed by atoms with Gasteiger partial charge in [0.05, 0.1) is 12.9 Å². The maximum Gasteiger partial charge on any atom is 0.149 e. The molecule has 0 amide bonds. The molecule has 70 valence electrons. The van der Waals surface area contributed by atoms with Gasteiger partial charge in [-0.15, -0.1) is 0 Å². The van der Waals surface area contributed by atoms with Crippen molar-refractivity contribution in [1.82, 2.24) is 0 Å². The van der Waals surface area contributed by atoms with E-state index in [1.54, 1.807) is 0 Å². The van der Waals surface area contributed by atoms with E-state index in [-0.39, 0.29) is 0 Å². The minimum atomic E-state index is -1.32. The zero-order valence-electron chi connectivity index (χ0n) is 6.37. The summed E-state index contributed by atoms with van der Waals surface area (Å²) >= 11 is 0. The zero-order valence-corrected chi connectivity index (χ0v) is 6.37. The highest BCUT2D eigenvalue weighted by Gasteiger charge is 2.32. The van der Waals surface area contributed by atoms with E-state index in [1.807, 2.05) is 0 Å². The Kier molecular flexibility index (Phi) is 3.05. The first-order chi connectivity index (χ1) is 5.66. The van der Waals surface area contributed by atoms with Gasteiger partial charge in [0.15, 0.2) is 0 Å². The van der Waals surface area contributed by atoms with Gasteiger partial charge in [-0.1, -0.05) is 0 Å². The molecule has 0 saturated heterocycles.